The molecule has 70 valence electrons. The number of aromatic nitrogens is 1. The van der Waals surface area contributed by atoms with Crippen LogP contribution in [0.1, 0.15) is 0 Å². The van der Waals surface area contributed by atoms with Gasteiger partial charge in [-0.1, -0.05) is 28.1 Å². The molecule has 0 aliphatic rings. The summed E-state index contributed by atoms with van der Waals surface area (Å²) in [5, 5.41) is 9.58. The molecule has 3 heteroatoms. The van der Waals surface area contributed by atoms with Gasteiger partial charge in [-0.25, -0.2) is 0 Å². The number of nitrogens with zero attached hydrogens (tertiary/aromatic N) is 1. The molecule has 0 unspecified atom stereocenters. The summed E-state index contributed by atoms with van der Waals surface area (Å²) < 4.78 is 0.972. The van der Waals surface area contributed by atoms with E-state index >= 15 is 0 Å². The predicted octanol–water partition coefficient (Wildman–Crippen LogP) is 3.22. The van der Waals surface area contributed by atoms with Gasteiger partial charge in [0.15, 0.2) is 0 Å². The number of hydrogen-bond donors (Lipinski definition) is 1. The van der Waals surface area contributed by atoms with Gasteiger partial charge in [-0.3, -0.25) is 4.98 Å². The highest BCUT2D eigenvalue weighted by Gasteiger charge is 2.04. The molecule has 0 radical (unpaired) electrons. The van der Waals surface area contributed by atoms with Gasteiger partial charge in [0.1, 0.15) is 11.4 Å². The lowest BCUT2D eigenvalue weighted by Crippen LogP contribution is -1.82. The lowest BCUT2D eigenvalue weighted by atomic mass is 10.1. The maximum Gasteiger partial charge on any atom is 0.141 e. The molecule has 0 aliphatic carbocycles. The van der Waals surface area contributed by atoms with Crippen molar-refractivity contribution in [3.63, 3.8) is 0 Å². The highest BCUT2D eigenvalue weighted by atomic mass is 79.9. The van der Waals surface area contributed by atoms with E-state index in [0.29, 0.717) is 5.69 Å². The molecule has 14 heavy (non-hydrogen) atoms. The maximum absolute atomic E-state index is 9.58. The summed E-state index contributed by atoms with van der Waals surface area (Å²) in [6, 6.07) is 11.0. The van der Waals surface area contributed by atoms with Crippen LogP contribution in [0.15, 0.2) is 47.1 Å². The zero-order chi connectivity index (χ0) is 9.97. The number of pyridine rings is 1. The topological polar surface area (TPSA) is 33.1 Å². The summed E-state index contributed by atoms with van der Waals surface area (Å²) >= 11 is 3.37. The first-order chi connectivity index (χ1) is 6.77. The summed E-state index contributed by atoms with van der Waals surface area (Å²) in [6.07, 6.45) is 1.66. The molecule has 0 spiro atoms. The van der Waals surface area contributed by atoms with Crippen LogP contribution in [0.25, 0.3) is 11.3 Å². The molecule has 0 amide bonds. The third kappa shape index (κ3) is 1.77. The van der Waals surface area contributed by atoms with E-state index in [-0.39, 0.29) is 5.75 Å². The molecule has 1 aromatic carbocycles. The van der Waals surface area contributed by atoms with E-state index in [0.717, 1.165) is 10.0 Å². The Morgan fingerprint density at radius 1 is 1.14 bits per heavy atom. The van der Waals surface area contributed by atoms with E-state index in [1.54, 1.807) is 18.3 Å². The summed E-state index contributed by atoms with van der Waals surface area (Å²) in [5.41, 5.74) is 1.51. The average molecular weight is 250 g/mol. The number of aromatic hydroxyl groups is 1. The van der Waals surface area contributed by atoms with Crippen molar-refractivity contribution in [1.29, 1.82) is 0 Å². The molecule has 1 aromatic heterocycles. The van der Waals surface area contributed by atoms with E-state index in [2.05, 4.69) is 20.9 Å². The van der Waals surface area contributed by atoms with Crippen molar-refractivity contribution in [2.45, 2.75) is 0 Å². The smallest absolute Gasteiger partial charge is 0.141 e. The van der Waals surface area contributed by atoms with Crippen LogP contribution in [0.5, 0.6) is 5.75 Å². The first-order valence-electron chi connectivity index (χ1n) is 4.17. The van der Waals surface area contributed by atoms with Crippen LogP contribution in [-0.2, 0) is 0 Å². The molecular formula is C11H8BrNO. The van der Waals surface area contributed by atoms with Crippen molar-refractivity contribution in [3.05, 3.63) is 47.1 Å². The normalized spacial score (nSPS) is 10.1. The van der Waals surface area contributed by atoms with E-state index < -0.39 is 0 Å². The fraction of sp³-hybridized carbons (Fsp3) is 0. The second-order valence-electron chi connectivity index (χ2n) is 2.88. The molecule has 0 aliphatic heterocycles. The molecule has 0 saturated heterocycles. The van der Waals surface area contributed by atoms with E-state index in [9.17, 15) is 5.11 Å². The van der Waals surface area contributed by atoms with Crippen LogP contribution < -0.4 is 0 Å². The Bertz CT molecular complexity index is 457. The minimum absolute atomic E-state index is 0.200. The first kappa shape index (κ1) is 9.21. The van der Waals surface area contributed by atoms with Crippen molar-refractivity contribution in [2.24, 2.45) is 0 Å². The Morgan fingerprint density at radius 3 is 2.71 bits per heavy atom. The monoisotopic (exact) mass is 249 g/mol. The number of benzene rings is 1. The fourth-order valence-electron chi connectivity index (χ4n) is 1.26. The Morgan fingerprint density at radius 2 is 2.00 bits per heavy atom. The number of halogens is 1. The Labute approximate surface area is 90.4 Å². The second-order valence-corrected chi connectivity index (χ2v) is 3.80. The van der Waals surface area contributed by atoms with Crippen LogP contribution in [0, 0.1) is 0 Å². The summed E-state index contributed by atoms with van der Waals surface area (Å²) in [6.45, 7) is 0. The lowest BCUT2D eigenvalue weighted by Gasteiger charge is -2.02. The average Bonchev–Trinajstić information content (AvgIpc) is 2.18. The maximum atomic E-state index is 9.58. The minimum atomic E-state index is 0.200. The molecular weight excluding hydrogens is 242 g/mol. The molecule has 0 saturated carbocycles. The van der Waals surface area contributed by atoms with E-state index in [1.807, 2.05) is 24.3 Å². The summed E-state index contributed by atoms with van der Waals surface area (Å²) in [5.74, 6) is 0.200. The molecule has 1 heterocycles. The standard InChI is InChI=1S/C11H8BrNO/c12-9-4-1-3-8(7-9)11-10(14)5-2-6-13-11/h1-7,14H. The Hall–Kier alpha value is -1.35. The highest BCUT2D eigenvalue weighted by molar-refractivity contribution is 9.10. The summed E-state index contributed by atoms with van der Waals surface area (Å²) in [4.78, 5) is 4.12. The number of hydrogen-bond acceptors (Lipinski definition) is 2. The van der Waals surface area contributed by atoms with Gasteiger partial charge in [0, 0.05) is 16.2 Å². The van der Waals surface area contributed by atoms with Crippen molar-refractivity contribution in [3.8, 4) is 17.0 Å². The van der Waals surface area contributed by atoms with Gasteiger partial charge in [-0.05, 0) is 24.3 Å². The third-order valence-electron chi connectivity index (χ3n) is 1.88. The van der Waals surface area contributed by atoms with Crippen LogP contribution in [0.2, 0.25) is 0 Å². The lowest BCUT2D eigenvalue weighted by molar-refractivity contribution is 0.475. The van der Waals surface area contributed by atoms with Crippen LogP contribution in [-0.4, -0.2) is 10.1 Å². The van der Waals surface area contributed by atoms with Gasteiger partial charge in [-0.2, -0.15) is 0 Å². The molecule has 0 bridgehead atoms. The second kappa shape index (κ2) is 3.80. The predicted molar refractivity (Wildman–Crippen MR) is 59.0 cm³/mol. The highest BCUT2D eigenvalue weighted by Crippen LogP contribution is 2.27. The van der Waals surface area contributed by atoms with Crippen molar-refractivity contribution >= 4 is 15.9 Å². The molecule has 2 aromatic rings. The summed E-state index contributed by atoms with van der Waals surface area (Å²) in [7, 11) is 0. The zero-order valence-corrected chi connectivity index (χ0v) is 8.90. The van der Waals surface area contributed by atoms with Crippen LogP contribution in [0.3, 0.4) is 0 Å². The van der Waals surface area contributed by atoms with Gasteiger partial charge in [0.25, 0.3) is 0 Å². The number of rotatable bonds is 1. The Kier molecular flexibility index (Phi) is 2.50. The van der Waals surface area contributed by atoms with Gasteiger partial charge in [0.05, 0.1) is 0 Å². The first-order valence-corrected chi connectivity index (χ1v) is 4.96. The quantitative estimate of drug-likeness (QED) is 0.842. The van der Waals surface area contributed by atoms with E-state index in [4.69, 9.17) is 0 Å². The molecule has 0 atom stereocenters. The van der Waals surface area contributed by atoms with Crippen molar-refractivity contribution in [2.75, 3.05) is 0 Å². The Balaban J connectivity index is 2.55. The van der Waals surface area contributed by atoms with Gasteiger partial charge < -0.3 is 5.11 Å². The zero-order valence-electron chi connectivity index (χ0n) is 7.31. The molecule has 0 fully saturated rings. The van der Waals surface area contributed by atoms with Crippen molar-refractivity contribution < 1.29 is 5.11 Å². The largest absolute Gasteiger partial charge is 0.506 e. The fourth-order valence-corrected chi connectivity index (χ4v) is 1.65. The molecule has 2 nitrogen and oxygen atoms in total. The van der Waals surface area contributed by atoms with Gasteiger partial charge in [-0.15, -0.1) is 0 Å². The van der Waals surface area contributed by atoms with Gasteiger partial charge in [0.2, 0.25) is 0 Å². The van der Waals surface area contributed by atoms with E-state index in [1.165, 1.54) is 0 Å². The van der Waals surface area contributed by atoms with Gasteiger partial charge >= 0.3 is 0 Å². The SMILES string of the molecule is Oc1cccnc1-c1cccc(Br)c1. The van der Waals surface area contributed by atoms with Crippen LogP contribution >= 0.6 is 15.9 Å². The molecule has 2 rings (SSSR count). The molecule has 1 N–H and O–H groups in total. The van der Waals surface area contributed by atoms with Crippen molar-refractivity contribution in [1.82, 2.24) is 4.98 Å². The third-order valence-corrected chi connectivity index (χ3v) is 2.38. The minimum Gasteiger partial charge on any atom is -0.506 e. The van der Waals surface area contributed by atoms with Crippen LogP contribution in [0.4, 0.5) is 0 Å².